The molecule has 1 N–H and O–H groups in total. The fraction of sp³-hybridized carbons (Fsp3) is 0.182. The Morgan fingerprint density at radius 3 is 2.24 bits per heavy atom. The molecule has 1 atom stereocenters. The highest BCUT2D eigenvalue weighted by Gasteiger charge is 2.43. The molecule has 3 rings (SSSR count). The van der Waals surface area contributed by atoms with Crippen LogP contribution in [0.4, 0.5) is 5.69 Å². The van der Waals surface area contributed by atoms with E-state index in [4.69, 9.17) is 5.11 Å². The molecule has 1 heterocycles. The lowest BCUT2D eigenvalue weighted by Gasteiger charge is -2.26. The van der Waals surface area contributed by atoms with E-state index in [0.29, 0.717) is 12.1 Å². The Morgan fingerprint density at radius 1 is 1.00 bits per heavy atom. The number of aliphatic carboxylic acids is 1. The Bertz CT molecular complexity index is 940. The van der Waals surface area contributed by atoms with Gasteiger partial charge < -0.3 is 10.0 Å². The van der Waals surface area contributed by atoms with Crippen LogP contribution >= 0.6 is 0 Å². The molecule has 148 valence electrons. The van der Waals surface area contributed by atoms with Crippen molar-refractivity contribution >= 4 is 29.4 Å². The fourth-order valence-corrected chi connectivity index (χ4v) is 3.26. The summed E-state index contributed by atoms with van der Waals surface area (Å²) in [4.78, 5) is 51.3. The standard InChI is InChI=1S/C22H20N2O5/c25-19(11-12-21(27)28)23(14-13-16-7-3-1-4-8-16)18-15-20(26)24(22(18)29)17-9-5-2-6-10-17/h1-12,18H,13-15H2,(H,27,28)/b12-11+/t18-/m1/s1. The fourth-order valence-electron chi connectivity index (χ4n) is 3.26. The maximum Gasteiger partial charge on any atom is 0.328 e. The van der Waals surface area contributed by atoms with Crippen LogP contribution in [0.5, 0.6) is 0 Å². The monoisotopic (exact) mass is 392 g/mol. The lowest BCUT2D eigenvalue weighted by Crippen LogP contribution is -2.45. The number of nitrogens with zero attached hydrogens (tertiary/aromatic N) is 2. The van der Waals surface area contributed by atoms with Crippen molar-refractivity contribution < 1.29 is 24.3 Å². The van der Waals surface area contributed by atoms with Crippen molar-refractivity contribution in [1.29, 1.82) is 0 Å². The summed E-state index contributed by atoms with van der Waals surface area (Å²) in [5.41, 5.74) is 1.41. The van der Waals surface area contributed by atoms with Gasteiger partial charge in [0.2, 0.25) is 11.8 Å². The summed E-state index contributed by atoms with van der Waals surface area (Å²) in [7, 11) is 0. The van der Waals surface area contributed by atoms with Gasteiger partial charge in [-0.2, -0.15) is 0 Å². The average Bonchev–Trinajstić information content (AvgIpc) is 3.02. The Morgan fingerprint density at radius 2 is 1.62 bits per heavy atom. The van der Waals surface area contributed by atoms with Gasteiger partial charge in [-0.05, 0) is 24.1 Å². The van der Waals surface area contributed by atoms with Crippen molar-refractivity contribution in [3.8, 4) is 0 Å². The van der Waals surface area contributed by atoms with Crippen LogP contribution in [-0.4, -0.2) is 46.3 Å². The molecule has 0 aliphatic carbocycles. The quantitative estimate of drug-likeness (QED) is 0.575. The molecule has 3 amide bonds. The van der Waals surface area contributed by atoms with Crippen molar-refractivity contribution in [3.05, 3.63) is 78.4 Å². The van der Waals surface area contributed by atoms with E-state index in [1.165, 1.54) is 4.90 Å². The number of carbonyl (C=O) groups is 4. The molecular formula is C22H20N2O5. The highest BCUT2D eigenvalue weighted by molar-refractivity contribution is 6.23. The van der Waals surface area contributed by atoms with E-state index in [2.05, 4.69) is 0 Å². The van der Waals surface area contributed by atoms with Gasteiger partial charge in [-0.25, -0.2) is 9.69 Å². The zero-order valence-electron chi connectivity index (χ0n) is 15.6. The molecule has 1 saturated heterocycles. The Labute approximate surface area is 167 Å². The minimum atomic E-state index is -1.26. The SMILES string of the molecule is O=C(O)/C=C/C(=O)N(CCc1ccccc1)[C@@H]1CC(=O)N(c2ccccc2)C1=O. The molecule has 2 aromatic rings. The predicted molar refractivity (Wildman–Crippen MR) is 106 cm³/mol. The van der Waals surface area contributed by atoms with Crippen LogP contribution in [-0.2, 0) is 25.6 Å². The third-order valence-electron chi connectivity index (χ3n) is 4.65. The molecule has 1 aliphatic heterocycles. The number of imide groups is 1. The zero-order chi connectivity index (χ0) is 20.8. The molecule has 2 aromatic carbocycles. The summed E-state index contributed by atoms with van der Waals surface area (Å²) >= 11 is 0. The van der Waals surface area contributed by atoms with Crippen LogP contribution in [0.25, 0.3) is 0 Å². The summed E-state index contributed by atoms with van der Waals surface area (Å²) in [5, 5.41) is 8.82. The lowest BCUT2D eigenvalue weighted by atomic mass is 10.1. The Kier molecular flexibility index (Phi) is 6.19. The number of carboxylic acid groups (broad SMARTS) is 1. The normalized spacial score (nSPS) is 16.4. The van der Waals surface area contributed by atoms with E-state index >= 15 is 0 Å². The van der Waals surface area contributed by atoms with Gasteiger partial charge >= 0.3 is 5.97 Å². The molecular weight excluding hydrogens is 372 g/mol. The molecule has 0 aromatic heterocycles. The van der Waals surface area contributed by atoms with Crippen LogP contribution in [0.1, 0.15) is 12.0 Å². The van der Waals surface area contributed by atoms with Crippen molar-refractivity contribution in [2.75, 3.05) is 11.4 Å². The Hall–Kier alpha value is -3.74. The number of carboxylic acids is 1. The number of carbonyl (C=O) groups excluding carboxylic acids is 3. The molecule has 1 aliphatic rings. The second-order valence-corrected chi connectivity index (χ2v) is 6.56. The van der Waals surface area contributed by atoms with E-state index < -0.39 is 29.7 Å². The predicted octanol–water partition coefficient (Wildman–Crippen LogP) is 2.03. The highest BCUT2D eigenvalue weighted by Crippen LogP contribution is 2.26. The molecule has 7 heteroatoms. The van der Waals surface area contributed by atoms with Crippen LogP contribution in [0.3, 0.4) is 0 Å². The minimum absolute atomic E-state index is 0.144. The van der Waals surface area contributed by atoms with Gasteiger partial charge in [-0.3, -0.25) is 14.4 Å². The van der Waals surface area contributed by atoms with Gasteiger partial charge in [0, 0.05) is 18.7 Å². The second-order valence-electron chi connectivity index (χ2n) is 6.56. The van der Waals surface area contributed by atoms with Gasteiger partial charge in [-0.15, -0.1) is 0 Å². The van der Waals surface area contributed by atoms with Gasteiger partial charge in [0.15, 0.2) is 0 Å². The van der Waals surface area contributed by atoms with Gasteiger partial charge in [0.25, 0.3) is 5.91 Å². The average molecular weight is 392 g/mol. The largest absolute Gasteiger partial charge is 0.478 e. The number of benzene rings is 2. The summed E-state index contributed by atoms with van der Waals surface area (Å²) < 4.78 is 0. The van der Waals surface area contributed by atoms with Crippen LogP contribution in [0, 0.1) is 0 Å². The van der Waals surface area contributed by atoms with Crippen LogP contribution in [0.15, 0.2) is 72.8 Å². The lowest BCUT2D eigenvalue weighted by molar-refractivity contribution is -0.135. The molecule has 1 fully saturated rings. The maximum absolute atomic E-state index is 13.0. The number of para-hydroxylation sites is 1. The molecule has 0 unspecified atom stereocenters. The first kappa shape index (κ1) is 20.0. The molecule has 0 radical (unpaired) electrons. The molecule has 7 nitrogen and oxygen atoms in total. The third kappa shape index (κ3) is 4.76. The van der Waals surface area contributed by atoms with Crippen molar-refractivity contribution in [1.82, 2.24) is 4.90 Å². The van der Waals surface area contributed by atoms with Gasteiger partial charge in [-0.1, -0.05) is 48.5 Å². The number of hydrogen-bond donors (Lipinski definition) is 1. The first-order chi connectivity index (χ1) is 14.0. The Balaban J connectivity index is 1.84. The maximum atomic E-state index is 13.0. The second kappa shape index (κ2) is 8.97. The van der Waals surface area contributed by atoms with Crippen molar-refractivity contribution in [2.45, 2.75) is 18.9 Å². The summed E-state index contributed by atoms with van der Waals surface area (Å²) in [5.74, 6) is -2.78. The zero-order valence-corrected chi connectivity index (χ0v) is 15.6. The van der Waals surface area contributed by atoms with E-state index in [1.807, 2.05) is 30.3 Å². The molecule has 0 spiro atoms. The van der Waals surface area contributed by atoms with Crippen LogP contribution < -0.4 is 4.90 Å². The number of hydrogen-bond acceptors (Lipinski definition) is 4. The van der Waals surface area contributed by atoms with Crippen molar-refractivity contribution in [2.24, 2.45) is 0 Å². The third-order valence-corrected chi connectivity index (χ3v) is 4.65. The topological polar surface area (TPSA) is 95.0 Å². The highest BCUT2D eigenvalue weighted by atomic mass is 16.4. The smallest absolute Gasteiger partial charge is 0.328 e. The van der Waals surface area contributed by atoms with E-state index in [9.17, 15) is 19.2 Å². The first-order valence-electron chi connectivity index (χ1n) is 9.15. The van der Waals surface area contributed by atoms with Gasteiger partial charge in [0.05, 0.1) is 12.1 Å². The summed E-state index contributed by atoms with van der Waals surface area (Å²) in [6.07, 6.45) is 1.97. The van der Waals surface area contributed by atoms with E-state index in [0.717, 1.165) is 22.6 Å². The molecule has 0 saturated carbocycles. The minimum Gasteiger partial charge on any atom is -0.478 e. The number of rotatable bonds is 7. The summed E-state index contributed by atoms with van der Waals surface area (Å²) in [6, 6.07) is 16.9. The molecule has 29 heavy (non-hydrogen) atoms. The van der Waals surface area contributed by atoms with Gasteiger partial charge in [0.1, 0.15) is 6.04 Å². The van der Waals surface area contributed by atoms with E-state index in [-0.39, 0.29) is 13.0 Å². The van der Waals surface area contributed by atoms with Crippen LogP contribution in [0.2, 0.25) is 0 Å². The number of amides is 3. The summed E-state index contributed by atoms with van der Waals surface area (Å²) in [6.45, 7) is 0.180. The molecule has 0 bridgehead atoms. The number of anilines is 1. The van der Waals surface area contributed by atoms with E-state index in [1.54, 1.807) is 30.3 Å². The first-order valence-corrected chi connectivity index (χ1v) is 9.15. The van der Waals surface area contributed by atoms with Crippen molar-refractivity contribution in [3.63, 3.8) is 0 Å².